The highest BCUT2D eigenvalue weighted by Crippen LogP contribution is 2.34. The monoisotopic (exact) mass is 574 g/mol. The Morgan fingerprint density at radius 2 is 1.09 bits per heavy atom. The summed E-state index contributed by atoms with van der Waals surface area (Å²) in [6.07, 6.45) is 0. The number of halogens is 2. The van der Waals surface area contributed by atoms with Gasteiger partial charge in [0.15, 0.2) is 13.6 Å². The summed E-state index contributed by atoms with van der Waals surface area (Å²) in [6, 6.07) is 9.22. The van der Waals surface area contributed by atoms with E-state index in [1.165, 1.54) is 12.1 Å². The van der Waals surface area contributed by atoms with Crippen LogP contribution in [0.2, 0.25) is 10.0 Å². The molecule has 2 aromatic carbocycles. The zero-order chi connectivity index (χ0) is 25.7. The van der Waals surface area contributed by atoms with E-state index < -0.39 is 42.1 Å². The van der Waals surface area contributed by atoms with Gasteiger partial charge in [0.05, 0.1) is 10.0 Å². The van der Waals surface area contributed by atoms with Gasteiger partial charge in [0.1, 0.15) is 9.79 Å². The van der Waals surface area contributed by atoms with Gasteiger partial charge in [0.2, 0.25) is 0 Å². The molecule has 0 fully saturated rings. The average Bonchev–Trinajstić information content (AvgIpc) is 2.72. The quantitative estimate of drug-likeness (QED) is 0.178. The molecule has 190 valence electrons. The molecule has 0 atom stereocenters. The Balaban J connectivity index is 1.96. The molecule has 0 aromatic heterocycles. The van der Waals surface area contributed by atoms with Crippen molar-refractivity contribution in [2.45, 2.75) is 49.3 Å². The van der Waals surface area contributed by atoms with E-state index in [0.717, 1.165) is 0 Å². The molecule has 0 radical (unpaired) electrons. The third kappa shape index (κ3) is 7.49. The van der Waals surface area contributed by atoms with E-state index in [9.17, 15) is 21.4 Å². The molecule has 0 heterocycles. The van der Waals surface area contributed by atoms with Gasteiger partial charge in [-0.25, -0.2) is 8.37 Å². The van der Waals surface area contributed by atoms with Crippen LogP contribution in [0.15, 0.2) is 46.2 Å². The lowest BCUT2D eigenvalue weighted by atomic mass is 10.0. The van der Waals surface area contributed by atoms with Gasteiger partial charge < -0.3 is 0 Å². The van der Waals surface area contributed by atoms with E-state index in [2.05, 4.69) is 0 Å². The molecule has 9 nitrogen and oxygen atoms in total. The first-order valence-corrected chi connectivity index (χ1v) is 14.7. The molecule has 0 aliphatic heterocycles. The van der Waals surface area contributed by atoms with Crippen LogP contribution in [0, 0.1) is 0 Å². The number of benzene rings is 2. The first-order chi connectivity index (χ1) is 15.8. The largest absolute Gasteiger partial charge is 0.323 e. The lowest BCUT2D eigenvalue weighted by Crippen LogP contribution is -2.13. The van der Waals surface area contributed by atoms with Gasteiger partial charge in [-0.3, -0.25) is 13.6 Å². The molecule has 0 bridgehead atoms. The summed E-state index contributed by atoms with van der Waals surface area (Å²) in [6.45, 7) is 5.25. The fourth-order valence-electron chi connectivity index (χ4n) is 2.92. The molecule has 0 saturated heterocycles. The zero-order valence-corrected chi connectivity index (χ0v) is 22.9. The van der Waals surface area contributed by atoms with Gasteiger partial charge in [0.25, 0.3) is 0 Å². The summed E-state index contributed by atoms with van der Waals surface area (Å²) >= 11 is 12.1. The van der Waals surface area contributed by atoms with E-state index in [-0.39, 0.29) is 31.7 Å². The second-order valence-electron chi connectivity index (χ2n) is 7.54. The van der Waals surface area contributed by atoms with Crippen molar-refractivity contribution >= 4 is 51.7 Å². The summed E-state index contributed by atoms with van der Waals surface area (Å²) in [7, 11) is -12.0. The molecule has 0 amide bonds. The summed E-state index contributed by atoms with van der Waals surface area (Å²) in [5.74, 6) is -0.326. The molecule has 2 aromatic rings. The molecule has 0 N–H and O–H groups in total. The van der Waals surface area contributed by atoms with Gasteiger partial charge in [-0.1, -0.05) is 75.2 Å². The fourth-order valence-corrected chi connectivity index (χ4v) is 6.80. The Morgan fingerprint density at radius 1 is 0.735 bits per heavy atom. The predicted molar refractivity (Wildman–Crippen MR) is 129 cm³/mol. The lowest BCUT2D eigenvalue weighted by Gasteiger charge is -2.15. The van der Waals surface area contributed by atoms with Crippen LogP contribution in [0.5, 0.6) is 0 Å². The first-order valence-electron chi connectivity index (χ1n) is 9.93. The van der Waals surface area contributed by atoms with Crippen LogP contribution >= 0.6 is 31.5 Å². The van der Waals surface area contributed by atoms with Crippen LogP contribution in [0.3, 0.4) is 0 Å². The van der Waals surface area contributed by atoms with Crippen LogP contribution in [0.25, 0.3) is 0 Å². The second-order valence-corrected chi connectivity index (χ2v) is 12.5. The molecule has 0 unspecified atom stereocenters. The highest BCUT2D eigenvalue weighted by molar-refractivity contribution is 7.87. The van der Waals surface area contributed by atoms with E-state index in [4.69, 9.17) is 40.6 Å². The maximum absolute atomic E-state index is 12.5. The van der Waals surface area contributed by atoms with E-state index in [1.807, 2.05) is 0 Å². The normalized spacial score (nSPS) is 12.7. The molecule has 0 spiro atoms. The molecule has 0 aliphatic rings. The Hall–Kier alpha value is -1.01. The van der Waals surface area contributed by atoms with Crippen LogP contribution in [-0.2, 0) is 42.2 Å². The molecular formula is C20H25Cl2O9PS2. The van der Waals surface area contributed by atoms with Crippen molar-refractivity contribution < 1.29 is 38.8 Å². The maximum Gasteiger partial charge on any atom is 0.323 e. The van der Waals surface area contributed by atoms with E-state index >= 15 is 0 Å². The lowest BCUT2D eigenvalue weighted by molar-refractivity contribution is 0.0753. The fraction of sp³-hybridized carbons (Fsp3) is 0.400. The number of hydrogen-bond acceptors (Lipinski definition) is 9. The van der Waals surface area contributed by atoms with Crippen molar-refractivity contribution in [2.24, 2.45) is 0 Å². The SMILES string of the molecule is CC(C)c1cccc(Cl)c1S(=O)(=O)OCO[PH](=O)OCOS(=O)(=O)c1c(Cl)cccc1C(C)C. The zero-order valence-electron chi connectivity index (χ0n) is 18.8. The molecule has 2 rings (SSSR count). The highest BCUT2D eigenvalue weighted by Gasteiger charge is 2.26. The van der Waals surface area contributed by atoms with Crippen LogP contribution in [-0.4, -0.2) is 30.4 Å². The molecule has 34 heavy (non-hydrogen) atoms. The number of hydrogen-bond donors (Lipinski definition) is 0. The minimum absolute atomic E-state index is 0.0333. The Labute approximate surface area is 210 Å². The number of rotatable bonds is 12. The van der Waals surface area contributed by atoms with Crippen molar-refractivity contribution in [1.82, 2.24) is 0 Å². The maximum atomic E-state index is 12.5. The minimum Gasteiger partial charge on any atom is -0.282 e. The molecule has 14 heteroatoms. The molecule has 0 saturated carbocycles. The van der Waals surface area contributed by atoms with Gasteiger partial charge in [-0.15, -0.1) is 0 Å². The molecule has 0 aliphatic carbocycles. The highest BCUT2D eigenvalue weighted by atomic mass is 35.5. The van der Waals surface area contributed by atoms with Gasteiger partial charge in [-0.05, 0) is 35.1 Å². The Bertz CT molecular complexity index is 1150. The van der Waals surface area contributed by atoms with Crippen LogP contribution < -0.4 is 0 Å². The van der Waals surface area contributed by atoms with E-state index in [1.54, 1.807) is 52.0 Å². The Morgan fingerprint density at radius 3 is 1.41 bits per heavy atom. The van der Waals surface area contributed by atoms with E-state index in [0.29, 0.717) is 11.1 Å². The average molecular weight is 575 g/mol. The van der Waals surface area contributed by atoms with Gasteiger partial charge >= 0.3 is 28.5 Å². The third-order valence-electron chi connectivity index (χ3n) is 4.50. The molecular weight excluding hydrogens is 550 g/mol. The summed E-state index contributed by atoms with van der Waals surface area (Å²) in [5, 5.41) is -0.0666. The van der Waals surface area contributed by atoms with Gasteiger partial charge in [0, 0.05) is 0 Å². The third-order valence-corrected chi connectivity index (χ3v) is 8.78. The first kappa shape index (κ1) is 29.2. The van der Waals surface area contributed by atoms with Crippen molar-refractivity contribution in [3.05, 3.63) is 57.6 Å². The van der Waals surface area contributed by atoms with Crippen LogP contribution in [0.1, 0.15) is 50.7 Å². The van der Waals surface area contributed by atoms with Crippen molar-refractivity contribution in [3.63, 3.8) is 0 Å². The van der Waals surface area contributed by atoms with Gasteiger partial charge in [-0.2, -0.15) is 16.8 Å². The summed E-state index contributed by atoms with van der Waals surface area (Å²) < 4.78 is 81.1. The smallest absolute Gasteiger partial charge is 0.282 e. The summed E-state index contributed by atoms with van der Waals surface area (Å²) in [4.78, 5) is -0.433. The standard InChI is InChI=1S/C20H25Cl2O9PS2/c1-13(2)15-7-5-9-17(21)19(15)33(24,25)30-11-28-32(23)29-12-31-34(26,27)20-16(14(3)4)8-6-10-18(20)22/h5-10,13-14,32H,11-12H2,1-4H3. The Kier molecular flexibility index (Phi) is 10.6. The van der Waals surface area contributed by atoms with Crippen LogP contribution in [0.4, 0.5) is 0 Å². The van der Waals surface area contributed by atoms with Crippen molar-refractivity contribution in [1.29, 1.82) is 0 Å². The topological polar surface area (TPSA) is 122 Å². The van der Waals surface area contributed by atoms with Crippen molar-refractivity contribution in [3.8, 4) is 0 Å². The second kappa shape index (κ2) is 12.3. The summed E-state index contributed by atoms with van der Waals surface area (Å²) in [5.41, 5.74) is 0.880. The van der Waals surface area contributed by atoms with Crippen molar-refractivity contribution in [2.75, 3.05) is 13.6 Å². The predicted octanol–water partition coefficient (Wildman–Crippen LogP) is 5.69. The minimum atomic E-state index is -4.34.